The molecular weight excluding hydrogens is 288 g/mol. The zero-order chi connectivity index (χ0) is 15.3. The van der Waals surface area contributed by atoms with Gasteiger partial charge in [0.25, 0.3) is 0 Å². The number of esters is 3. The summed E-state index contributed by atoms with van der Waals surface area (Å²) in [5.74, 6) is -2.48. The first-order valence-corrected chi connectivity index (χ1v) is 7.28. The maximum atomic E-state index is 11.9. The van der Waals surface area contributed by atoms with Crippen molar-refractivity contribution in [2.75, 3.05) is 6.61 Å². The quantitative estimate of drug-likeness (QED) is 0.611. The van der Waals surface area contributed by atoms with Crippen LogP contribution in [0.1, 0.15) is 16.8 Å². The molecule has 6 nitrogen and oxygen atoms in total. The first-order chi connectivity index (χ1) is 10.6. The molecule has 114 valence electrons. The molecule has 3 fully saturated rings. The Labute approximate surface area is 126 Å². The van der Waals surface area contributed by atoms with Gasteiger partial charge in [0.05, 0.1) is 36.2 Å². The monoisotopic (exact) mass is 302 g/mol. The van der Waals surface area contributed by atoms with Crippen molar-refractivity contribution in [3.8, 4) is 0 Å². The van der Waals surface area contributed by atoms with Crippen LogP contribution in [0.4, 0.5) is 0 Å². The summed E-state index contributed by atoms with van der Waals surface area (Å²) in [7, 11) is 0. The van der Waals surface area contributed by atoms with Crippen LogP contribution in [-0.2, 0) is 23.8 Å². The molecule has 3 aliphatic rings. The van der Waals surface area contributed by atoms with Gasteiger partial charge in [0.1, 0.15) is 0 Å². The summed E-state index contributed by atoms with van der Waals surface area (Å²) in [6, 6.07) is 8.72. The highest BCUT2D eigenvalue weighted by Crippen LogP contribution is 2.50. The Balaban J connectivity index is 1.41. The highest BCUT2D eigenvalue weighted by atomic mass is 16.6. The standard InChI is InChI=1S/C16H14O6/c17-14(8-4-2-1-3-5-8)20-7-9-6-10-11-12(13(9)21-10)16(19)22-15(11)18/h1-5,9-13H,6-7H2/t9-,10+,11+,12+,13-/m0/s1. The second-order valence-electron chi connectivity index (χ2n) is 5.89. The molecule has 0 unspecified atom stereocenters. The van der Waals surface area contributed by atoms with Crippen molar-refractivity contribution in [2.24, 2.45) is 17.8 Å². The van der Waals surface area contributed by atoms with Crippen LogP contribution in [0.5, 0.6) is 0 Å². The molecule has 3 heterocycles. The van der Waals surface area contributed by atoms with Crippen LogP contribution in [0.2, 0.25) is 0 Å². The van der Waals surface area contributed by atoms with Gasteiger partial charge in [-0.3, -0.25) is 9.59 Å². The highest BCUT2D eigenvalue weighted by Gasteiger charge is 2.64. The van der Waals surface area contributed by atoms with E-state index >= 15 is 0 Å². The van der Waals surface area contributed by atoms with E-state index in [0.29, 0.717) is 12.0 Å². The van der Waals surface area contributed by atoms with Crippen molar-refractivity contribution in [2.45, 2.75) is 18.6 Å². The predicted molar refractivity (Wildman–Crippen MR) is 71.6 cm³/mol. The van der Waals surface area contributed by atoms with E-state index in [2.05, 4.69) is 4.74 Å². The number of hydrogen-bond acceptors (Lipinski definition) is 6. The van der Waals surface area contributed by atoms with E-state index in [1.54, 1.807) is 24.3 Å². The fourth-order valence-corrected chi connectivity index (χ4v) is 3.66. The molecule has 5 atom stereocenters. The fraction of sp³-hybridized carbons (Fsp3) is 0.438. The summed E-state index contributed by atoms with van der Waals surface area (Å²) in [5.41, 5.74) is 0.486. The summed E-state index contributed by atoms with van der Waals surface area (Å²) in [4.78, 5) is 35.3. The SMILES string of the molecule is O=C(OC[C@@H]1C[C@H]2O[C@@H]1[C@@H]1C(=O)OC(=O)[C@@H]12)c1ccccc1. The maximum absolute atomic E-state index is 11.9. The van der Waals surface area contributed by atoms with Crippen molar-refractivity contribution in [1.82, 2.24) is 0 Å². The molecule has 0 aliphatic carbocycles. The average Bonchev–Trinajstić information content (AvgIpc) is 3.18. The minimum atomic E-state index is -0.535. The summed E-state index contributed by atoms with van der Waals surface area (Å²) >= 11 is 0. The molecule has 3 aliphatic heterocycles. The number of ether oxygens (including phenoxy) is 3. The van der Waals surface area contributed by atoms with Gasteiger partial charge in [-0.2, -0.15) is 0 Å². The van der Waals surface area contributed by atoms with Gasteiger partial charge in [0, 0.05) is 5.92 Å². The zero-order valence-electron chi connectivity index (χ0n) is 11.6. The van der Waals surface area contributed by atoms with Gasteiger partial charge in [-0.1, -0.05) is 18.2 Å². The third kappa shape index (κ3) is 1.94. The molecular formula is C16H14O6. The number of benzene rings is 1. The molecule has 0 aromatic heterocycles. The Hall–Kier alpha value is -2.21. The molecule has 22 heavy (non-hydrogen) atoms. The summed E-state index contributed by atoms with van der Waals surface area (Å²) < 4.78 is 15.7. The van der Waals surface area contributed by atoms with E-state index in [0.717, 1.165) is 0 Å². The molecule has 0 saturated carbocycles. The number of cyclic esters (lactones) is 2. The first kappa shape index (κ1) is 13.5. The summed E-state index contributed by atoms with van der Waals surface area (Å²) in [6.07, 6.45) is -0.0806. The predicted octanol–water partition coefficient (Wildman–Crippen LogP) is 0.946. The largest absolute Gasteiger partial charge is 0.462 e. The van der Waals surface area contributed by atoms with Crippen LogP contribution in [0.3, 0.4) is 0 Å². The fourth-order valence-electron chi connectivity index (χ4n) is 3.66. The minimum absolute atomic E-state index is 0.0719. The minimum Gasteiger partial charge on any atom is -0.462 e. The molecule has 0 spiro atoms. The van der Waals surface area contributed by atoms with Gasteiger partial charge in [0.15, 0.2) is 0 Å². The molecule has 1 aromatic carbocycles. The van der Waals surface area contributed by atoms with Crippen molar-refractivity contribution in [1.29, 1.82) is 0 Å². The third-order valence-corrected chi connectivity index (χ3v) is 4.66. The molecule has 0 amide bonds. The van der Waals surface area contributed by atoms with Crippen LogP contribution in [0, 0.1) is 17.8 Å². The molecule has 4 rings (SSSR count). The smallest absolute Gasteiger partial charge is 0.338 e. The molecule has 0 radical (unpaired) electrons. The lowest BCUT2D eigenvalue weighted by atomic mass is 9.75. The van der Waals surface area contributed by atoms with Crippen LogP contribution in [0.15, 0.2) is 30.3 Å². The van der Waals surface area contributed by atoms with Gasteiger partial charge in [0.2, 0.25) is 0 Å². The lowest BCUT2D eigenvalue weighted by Gasteiger charge is -2.23. The topological polar surface area (TPSA) is 78.9 Å². The van der Waals surface area contributed by atoms with E-state index in [1.165, 1.54) is 0 Å². The Kier molecular flexibility index (Phi) is 3.00. The molecule has 2 bridgehead atoms. The highest BCUT2D eigenvalue weighted by molar-refractivity contribution is 5.98. The number of fused-ring (bicyclic) bond motifs is 5. The third-order valence-electron chi connectivity index (χ3n) is 4.66. The van der Waals surface area contributed by atoms with Gasteiger partial charge in [-0.15, -0.1) is 0 Å². The number of rotatable bonds is 3. The van der Waals surface area contributed by atoms with Crippen molar-refractivity contribution >= 4 is 17.9 Å². The second kappa shape index (κ2) is 4.91. The van der Waals surface area contributed by atoms with Gasteiger partial charge in [-0.25, -0.2) is 4.79 Å². The average molecular weight is 302 g/mol. The van der Waals surface area contributed by atoms with Crippen molar-refractivity contribution < 1.29 is 28.6 Å². The lowest BCUT2D eigenvalue weighted by Crippen LogP contribution is -2.37. The molecule has 1 aromatic rings. The van der Waals surface area contributed by atoms with Crippen molar-refractivity contribution in [3.05, 3.63) is 35.9 Å². The van der Waals surface area contributed by atoms with E-state index in [1.807, 2.05) is 6.07 Å². The van der Waals surface area contributed by atoms with E-state index < -0.39 is 35.8 Å². The van der Waals surface area contributed by atoms with E-state index in [4.69, 9.17) is 9.47 Å². The van der Waals surface area contributed by atoms with Crippen LogP contribution >= 0.6 is 0 Å². The Bertz CT molecular complexity index is 639. The first-order valence-electron chi connectivity index (χ1n) is 7.28. The second-order valence-corrected chi connectivity index (χ2v) is 5.89. The van der Waals surface area contributed by atoms with Gasteiger partial charge in [-0.05, 0) is 18.6 Å². The Morgan fingerprint density at radius 3 is 2.64 bits per heavy atom. The Morgan fingerprint density at radius 1 is 1.14 bits per heavy atom. The summed E-state index contributed by atoms with van der Waals surface area (Å²) in [6.45, 7) is 0.180. The van der Waals surface area contributed by atoms with Crippen LogP contribution < -0.4 is 0 Å². The maximum Gasteiger partial charge on any atom is 0.338 e. The molecule has 6 heteroatoms. The summed E-state index contributed by atoms with van der Waals surface area (Å²) in [5, 5.41) is 0. The van der Waals surface area contributed by atoms with Crippen LogP contribution in [-0.4, -0.2) is 36.7 Å². The zero-order valence-corrected chi connectivity index (χ0v) is 11.6. The van der Waals surface area contributed by atoms with E-state index in [-0.39, 0.29) is 18.6 Å². The van der Waals surface area contributed by atoms with Gasteiger partial charge < -0.3 is 14.2 Å². The van der Waals surface area contributed by atoms with E-state index in [9.17, 15) is 14.4 Å². The molecule has 3 saturated heterocycles. The number of hydrogen-bond donors (Lipinski definition) is 0. The van der Waals surface area contributed by atoms with Gasteiger partial charge >= 0.3 is 17.9 Å². The number of carbonyl (C=O) groups is 3. The number of carbonyl (C=O) groups excluding carboxylic acids is 3. The normalized spacial score (nSPS) is 35.4. The molecule has 0 N–H and O–H groups in total. The Morgan fingerprint density at radius 2 is 1.86 bits per heavy atom. The van der Waals surface area contributed by atoms with Crippen LogP contribution in [0.25, 0.3) is 0 Å². The lowest BCUT2D eigenvalue weighted by molar-refractivity contribution is -0.156. The van der Waals surface area contributed by atoms with Crippen molar-refractivity contribution in [3.63, 3.8) is 0 Å².